The van der Waals surface area contributed by atoms with Crippen LogP contribution < -0.4 is 0 Å². The Balaban J connectivity index is 0.000000436. The molecule has 5 atom stereocenters. The topological polar surface area (TPSA) is 205 Å². The van der Waals surface area contributed by atoms with Gasteiger partial charge in [0.15, 0.2) is 12.6 Å². The van der Waals surface area contributed by atoms with E-state index in [2.05, 4.69) is 30.2 Å². The van der Waals surface area contributed by atoms with Crippen LogP contribution in [0.1, 0.15) is 150 Å². The number of carbonyl (C=O) groups excluding carboxylic acids is 4. The minimum atomic E-state index is -0.431. The van der Waals surface area contributed by atoms with Crippen molar-refractivity contribution in [2.24, 2.45) is 63.1 Å². The first-order chi connectivity index (χ1) is 28.7. The average molecular weight is 875 g/mol. The number of fused-ring (bicyclic) bond motifs is 2. The smallest absolute Gasteiger partial charge is 0.317 e. The monoisotopic (exact) mass is 875 g/mol. The van der Waals surface area contributed by atoms with Crippen molar-refractivity contribution >= 4 is 23.9 Å². The van der Waals surface area contributed by atoms with Crippen LogP contribution in [0.25, 0.3) is 0 Å². The lowest BCUT2D eigenvalue weighted by molar-refractivity contribution is -0.337. The molecule has 4 aliphatic heterocycles. The predicted octanol–water partition coefficient (Wildman–Crippen LogP) is 6.85. The zero-order valence-corrected chi connectivity index (χ0v) is 38.1. The molecule has 14 nitrogen and oxygen atoms in total. The number of cyclic esters (lactones) is 4. The highest BCUT2D eigenvalue weighted by Crippen LogP contribution is 2.48. The maximum atomic E-state index is 11.1. The van der Waals surface area contributed by atoms with E-state index < -0.39 is 23.4 Å². The number of aliphatic hydroxyl groups excluding tert-OH is 4. The van der Waals surface area contributed by atoms with Gasteiger partial charge in [0.25, 0.3) is 0 Å². The third-order valence-electron chi connectivity index (χ3n) is 15.2. The van der Waals surface area contributed by atoms with E-state index in [1.165, 1.54) is 25.7 Å². The van der Waals surface area contributed by atoms with E-state index in [4.69, 9.17) is 18.9 Å². The van der Waals surface area contributed by atoms with Crippen molar-refractivity contribution < 1.29 is 73.7 Å². The van der Waals surface area contributed by atoms with E-state index in [9.17, 15) is 39.6 Å². The molecule has 61 heavy (non-hydrogen) atoms. The molecule has 0 aromatic rings. The summed E-state index contributed by atoms with van der Waals surface area (Å²) in [6, 6.07) is 0. The van der Waals surface area contributed by atoms with Gasteiger partial charge in [-0.05, 0) is 107 Å². The molecule has 4 N–H and O–H groups in total. The summed E-state index contributed by atoms with van der Waals surface area (Å²) in [6.45, 7) is 16.5. The molecule has 4 heterocycles. The Morgan fingerprint density at radius 2 is 0.869 bits per heavy atom. The van der Waals surface area contributed by atoms with Crippen LogP contribution in [0.4, 0.5) is 0 Å². The number of carbonyl (C=O) groups is 4. The van der Waals surface area contributed by atoms with E-state index in [1.54, 1.807) is 0 Å². The summed E-state index contributed by atoms with van der Waals surface area (Å²) in [5.41, 5.74) is -0.775. The lowest BCUT2D eigenvalue weighted by atomic mass is 9.60. The van der Waals surface area contributed by atoms with Gasteiger partial charge in [-0.25, -0.2) is 0 Å². The van der Waals surface area contributed by atoms with Crippen LogP contribution in [-0.2, 0) is 47.6 Å². The van der Waals surface area contributed by atoms with Crippen molar-refractivity contribution in [1.82, 2.24) is 0 Å². The summed E-state index contributed by atoms with van der Waals surface area (Å²) in [5, 5.41) is 37.9. The third kappa shape index (κ3) is 12.6. The Kier molecular flexibility index (Phi) is 17.4. The van der Waals surface area contributed by atoms with Gasteiger partial charge in [0.1, 0.15) is 0 Å². The summed E-state index contributed by atoms with van der Waals surface area (Å²) >= 11 is 0. The van der Waals surface area contributed by atoms with Crippen LogP contribution in [0.3, 0.4) is 0 Å². The van der Waals surface area contributed by atoms with Gasteiger partial charge in [0.05, 0.1) is 80.9 Å². The number of hydrogen-bond donors (Lipinski definition) is 4. The molecule has 4 saturated heterocycles. The standard InChI is InChI=1S/C15H28O6.C15H28O2.C9H12O3.C8H10O3.4H2/c1-13(2,5-16)11-18-7-15(8-19-11)9-20-12(21-10-15)14(3,4)6-17;1-15(2,11-3-7-13(16)8-4-11)12-5-9-14(17)10-6-12;1-5-2-3-6-7(4-5)9(11)12-8(6)10;9-7-5-3-1-2-4-6(5)8(10)11-7;;;;/h11-12,16-17H,5-10H2,1-4H3;11-14,16-17H,3-10H2,1-2H3;5-7H,2-4H2,1H3;5-6H,1-4H2;4*1H. The van der Waals surface area contributed by atoms with Crippen molar-refractivity contribution in [3.05, 3.63) is 0 Å². The van der Waals surface area contributed by atoms with Gasteiger partial charge in [-0.2, -0.15) is 0 Å². The molecule has 1 spiro atoms. The van der Waals surface area contributed by atoms with Gasteiger partial charge >= 0.3 is 23.9 Å². The van der Waals surface area contributed by atoms with E-state index >= 15 is 0 Å². The van der Waals surface area contributed by atoms with Crippen molar-refractivity contribution in [2.45, 2.75) is 170 Å². The fourth-order valence-electron chi connectivity index (χ4n) is 10.5. The molecule has 4 aliphatic carbocycles. The fraction of sp³-hybridized carbons (Fsp3) is 0.915. The summed E-state index contributed by atoms with van der Waals surface area (Å²) in [4.78, 5) is 44.2. The Bertz CT molecular complexity index is 1380. The summed E-state index contributed by atoms with van der Waals surface area (Å²) in [7, 11) is 0. The van der Waals surface area contributed by atoms with E-state index in [1.807, 2.05) is 27.7 Å². The van der Waals surface area contributed by atoms with Crippen LogP contribution in [-0.4, -0.2) is 109 Å². The van der Waals surface area contributed by atoms with Gasteiger partial charge < -0.3 is 48.8 Å². The molecule has 8 rings (SSSR count). The van der Waals surface area contributed by atoms with Crippen LogP contribution in [0.5, 0.6) is 0 Å². The number of rotatable bonds is 6. The summed E-state index contributed by atoms with van der Waals surface area (Å²) in [6.07, 6.45) is 14.3. The minimum Gasteiger partial charge on any atom is -0.396 e. The van der Waals surface area contributed by atoms with Gasteiger partial charge in [-0.1, -0.05) is 61.3 Å². The lowest BCUT2D eigenvalue weighted by Crippen LogP contribution is -2.56. The Morgan fingerprint density at radius 3 is 1.23 bits per heavy atom. The summed E-state index contributed by atoms with van der Waals surface area (Å²) < 4.78 is 32.2. The number of esters is 4. The molecule has 14 heteroatoms. The van der Waals surface area contributed by atoms with Gasteiger partial charge in [-0.3, -0.25) is 19.2 Å². The highest BCUT2D eigenvalue weighted by Gasteiger charge is 2.49. The quantitative estimate of drug-likeness (QED) is 0.159. The number of aliphatic hydroxyl groups is 4. The normalized spacial score (nSPS) is 38.0. The largest absolute Gasteiger partial charge is 0.396 e. The number of ether oxygens (including phenoxy) is 6. The van der Waals surface area contributed by atoms with Crippen LogP contribution in [0, 0.1) is 63.1 Å². The molecule has 0 radical (unpaired) electrons. The Hall–Kier alpha value is -2.04. The zero-order chi connectivity index (χ0) is 44.8. The molecule has 358 valence electrons. The first-order valence-corrected chi connectivity index (χ1v) is 23.3. The van der Waals surface area contributed by atoms with Crippen LogP contribution >= 0.6 is 0 Å². The van der Waals surface area contributed by atoms with Gasteiger partial charge in [0, 0.05) is 16.5 Å². The molecule has 8 fully saturated rings. The highest BCUT2D eigenvalue weighted by molar-refractivity contribution is 5.97. The van der Waals surface area contributed by atoms with Crippen molar-refractivity contribution in [3.63, 3.8) is 0 Å². The molecular formula is C47H86O14. The second-order valence-electron chi connectivity index (χ2n) is 21.6. The van der Waals surface area contributed by atoms with Crippen molar-refractivity contribution in [2.75, 3.05) is 39.6 Å². The maximum absolute atomic E-state index is 11.1. The van der Waals surface area contributed by atoms with Crippen LogP contribution in [0.2, 0.25) is 0 Å². The van der Waals surface area contributed by atoms with E-state index in [-0.39, 0.29) is 84.1 Å². The highest BCUT2D eigenvalue weighted by atomic mass is 16.7. The van der Waals surface area contributed by atoms with Gasteiger partial charge in [0.2, 0.25) is 0 Å². The Morgan fingerprint density at radius 1 is 0.525 bits per heavy atom. The fourth-order valence-corrected chi connectivity index (χ4v) is 10.5. The molecule has 0 amide bonds. The molecule has 0 aromatic heterocycles. The summed E-state index contributed by atoms with van der Waals surface area (Å²) in [5.74, 6) is 0.484. The SMILES string of the molecule is CC(C)(C1CCC(O)CC1)C1CCC(O)CC1.CC(C)(CO)C1OCC2(CO1)COC(C(C)(C)CO)OC2.CC1CCC2C(=O)OC(=O)C2C1.O=C1OC(=O)C2CCCCC12.[HH].[HH].[HH].[HH]. The Labute approximate surface area is 369 Å². The molecule has 5 unspecified atom stereocenters. The second-order valence-corrected chi connectivity index (χ2v) is 21.6. The maximum Gasteiger partial charge on any atom is 0.317 e. The first-order valence-electron chi connectivity index (χ1n) is 23.3. The molecule has 0 aromatic carbocycles. The van der Waals surface area contributed by atoms with Crippen molar-refractivity contribution in [1.29, 1.82) is 0 Å². The predicted molar refractivity (Wildman–Crippen MR) is 231 cm³/mol. The molecule has 0 bridgehead atoms. The number of hydrogen-bond acceptors (Lipinski definition) is 14. The molecule has 8 aliphatic rings. The zero-order valence-electron chi connectivity index (χ0n) is 38.1. The minimum absolute atomic E-state index is 0. The van der Waals surface area contributed by atoms with Crippen LogP contribution in [0.15, 0.2) is 0 Å². The van der Waals surface area contributed by atoms with E-state index in [0.717, 1.165) is 82.5 Å². The van der Waals surface area contributed by atoms with Gasteiger partial charge in [-0.15, -0.1) is 0 Å². The average Bonchev–Trinajstić information content (AvgIpc) is 3.70. The third-order valence-corrected chi connectivity index (χ3v) is 15.2. The molecular weight excluding hydrogens is 789 g/mol. The lowest BCUT2D eigenvalue weighted by Gasteiger charge is -2.48. The molecule has 4 saturated carbocycles. The van der Waals surface area contributed by atoms with Crippen molar-refractivity contribution in [3.8, 4) is 0 Å². The van der Waals surface area contributed by atoms with E-state index in [0.29, 0.717) is 37.8 Å². The second kappa shape index (κ2) is 21.3. The first kappa shape index (κ1) is 50.0.